The van der Waals surface area contributed by atoms with Crippen LogP contribution < -0.4 is 0 Å². The topological polar surface area (TPSA) is 58.3 Å². The van der Waals surface area contributed by atoms with Crippen molar-refractivity contribution >= 4 is 0 Å². The lowest BCUT2D eigenvalue weighted by Gasteiger charge is -2.03. The van der Waals surface area contributed by atoms with Crippen molar-refractivity contribution in [3.05, 3.63) is 53.6 Å². The number of benzene rings is 1. The fourth-order valence-corrected chi connectivity index (χ4v) is 1.54. The second-order valence-electron chi connectivity index (χ2n) is 3.67. The Bertz CT molecular complexity index is 448. The minimum absolute atomic E-state index is 0.0313. The molecule has 84 valence electrons. The molecule has 2 aromatic rings. The summed E-state index contributed by atoms with van der Waals surface area (Å²) >= 11 is 0. The third-order valence-corrected chi connectivity index (χ3v) is 2.42. The Morgan fingerprint density at radius 3 is 2.25 bits per heavy atom. The zero-order valence-electron chi connectivity index (χ0n) is 8.87. The largest absolute Gasteiger partial charge is 0.392 e. The van der Waals surface area contributed by atoms with Crippen molar-refractivity contribution in [1.82, 2.24) is 9.55 Å². The molecule has 2 rings (SSSR count). The maximum atomic E-state index is 8.91. The van der Waals surface area contributed by atoms with E-state index in [0.29, 0.717) is 5.69 Å². The van der Waals surface area contributed by atoms with Gasteiger partial charge in [-0.3, -0.25) is 0 Å². The first-order valence-corrected chi connectivity index (χ1v) is 5.12. The van der Waals surface area contributed by atoms with Crippen molar-refractivity contribution in [2.45, 2.75) is 19.8 Å². The third kappa shape index (κ3) is 2.48. The van der Waals surface area contributed by atoms with E-state index in [1.807, 2.05) is 35.0 Å². The summed E-state index contributed by atoms with van der Waals surface area (Å²) in [5, 5.41) is 17.8. The van der Waals surface area contributed by atoms with Crippen LogP contribution in [-0.4, -0.2) is 19.8 Å². The summed E-state index contributed by atoms with van der Waals surface area (Å²) in [5.41, 5.74) is 2.72. The number of imidazole rings is 1. The van der Waals surface area contributed by atoms with Gasteiger partial charge in [0.25, 0.3) is 0 Å². The average molecular weight is 218 g/mol. The van der Waals surface area contributed by atoms with Crippen LogP contribution in [0.4, 0.5) is 0 Å². The fourth-order valence-electron chi connectivity index (χ4n) is 1.54. The number of aliphatic hydroxyl groups excluding tert-OH is 2. The molecule has 0 unspecified atom stereocenters. The lowest BCUT2D eigenvalue weighted by atomic mass is 10.1. The van der Waals surface area contributed by atoms with Crippen molar-refractivity contribution in [2.75, 3.05) is 0 Å². The molecule has 0 amide bonds. The van der Waals surface area contributed by atoms with Crippen molar-refractivity contribution < 1.29 is 10.2 Å². The molecule has 0 spiro atoms. The quantitative estimate of drug-likeness (QED) is 0.802. The van der Waals surface area contributed by atoms with E-state index >= 15 is 0 Å². The van der Waals surface area contributed by atoms with Crippen molar-refractivity contribution in [3.8, 4) is 0 Å². The van der Waals surface area contributed by atoms with Gasteiger partial charge in [-0.05, 0) is 11.1 Å². The van der Waals surface area contributed by atoms with Gasteiger partial charge in [0.2, 0.25) is 0 Å². The molecular formula is C12H14N2O2. The molecule has 0 aliphatic heterocycles. The molecule has 0 bridgehead atoms. The number of nitrogens with zero attached hydrogens (tertiary/aromatic N) is 2. The zero-order valence-corrected chi connectivity index (χ0v) is 8.87. The Hall–Kier alpha value is -1.65. The van der Waals surface area contributed by atoms with Crippen molar-refractivity contribution in [3.63, 3.8) is 0 Å². The van der Waals surface area contributed by atoms with E-state index in [1.165, 1.54) is 0 Å². The van der Waals surface area contributed by atoms with Crippen LogP contribution in [0.5, 0.6) is 0 Å². The molecule has 2 N–H and O–H groups in total. The predicted molar refractivity (Wildman–Crippen MR) is 59.6 cm³/mol. The first kappa shape index (κ1) is 10.9. The molecule has 1 aromatic carbocycles. The Morgan fingerprint density at radius 1 is 1.00 bits per heavy atom. The maximum Gasteiger partial charge on any atom is 0.0953 e. The van der Waals surface area contributed by atoms with Crippen LogP contribution in [0.25, 0.3) is 0 Å². The lowest BCUT2D eigenvalue weighted by molar-refractivity contribution is 0.277. The van der Waals surface area contributed by atoms with E-state index in [9.17, 15) is 0 Å². The molecule has 4 nitrogen and oxygen atoms in total. The Kier molecular flexibility index (Phi) is 3.34. The van der Waals surface area contributed by atoms with Crippen LogP contribution >= 0.6 is 0 Å². The van der Waals surface area contributed by atoms with Crippen LogP contribution in [0.15, 0.2) is 36.8 Å². The summed E-state index contributed by atoms with van der Waals surface area (Å²) in [6, 6.07) is 7.76. The van der Waals surface area contributed by atoms with Gasteiger partial charge < -0.3 is 14.8 Å². The van der Waals surface area contributed by atoms with Gasteiger partial charge in [-0.25, -0.2) is 4.98 Å². The summed E-state index contributed by atoms with van der Waals surface area (Å²) in [6.45, 7) is 0.759. The predicted octanol–water partition coefficient (Wildman–Crippen LogP) is 0.916. The van der Waals surface area contributed by atoms with Gasteiger partial charge in [0, 0.05) is 12.7 Å². The highest BCUT2D eigenvalue weighted by Crippen LogP contribution is 2.07. The summed E-state index contributed by atoms with van der Waals surface area (Å²) < 4.78 is 1.92. The minimum Gasteiger partial charge on any atom is -0.392 e. The third-order valence-electron chi connectivity index (χ3n) is 2.42. The van der Waals surface area contributed by atoms with Crippen LogP contribution in [0.2, 0.25) is 0 Å². The molecule has 0 atom stereocenters. The summed E-state index contributed by atoms with van der Waals surface area (Å²) in [6.07, 6.45) is 3.52. The van der Waals surface area contributed by atoms with Crippen LogP contribution in [0.1, 0.15) is 16.8 Å². The van der Waals surface area contributed by atoms with Crippen LogP contribution in [0.3, 0.4) is 0 Å². The molecule has 0 fully saturated rings. The van der Waals surface area contributed by atoms with E-state index < -0.39 is 0 Å². The highest BCUT2D eigenvalue weighted by atomic mass is 16.3. The molecule has 0 aliphatic rings. The smallest absolute Gasteiger partial charge is 0.0953 e. The van der Waals surface area contributed by atoms with Crippen LogP contribution in [0, 0.1) is 0 Å². The lowest BCUT2D eigenvalue weighted by Crippen LogP contribution is -1.96. The van der Waals surface area contributed by atoms with Gasteiger partial charge in [-0.2, -0.15) is 0 Å². The van der Waals surface area contributed by atoms with E-state index in [1.54, 1.807) is 6.33 Å². The van der Waals surface area contributed by atoms with Crippen molar-refractivity contribution in [2.24, 2.45) is 0 Å². The highest BCUT2D eigenvalue weighted by molar-refractivity contribution is 5.22. The highest BCUT2D eigenvalue weighted by Gasteiger charge is 1.98. The summed E-state index contributed by atoms with van der Waals surface area (Å²) in [7, 11) is 0. The average Bonchev–Trinajstić information content (AvgIpc) is 2.78. The summed E-state index contributed by atoms with van der Waals surface area (Å²) in [4.78, 5) is 4.04. The van der Waals surface area contributed by atoms with Crippen LogP contribution in [-0.2, 0) is 19.8 Å². The minimum atomic E-state index is -0.0313. The number of rotatable bonds is 4. The van der Waals surface area contributed by atoms with E-state index in [4.69, 9.17) is 10.2 Å². The molecule has 0 aliphatic carbocycles. The first-order valence-electron chi connectivity index (χ1n) is 5.12. The molecule has 0 saturated heterocycles. The molecule has 0 saturated carbocycles. The normalized spacial score (nSPS) is 10.6. The Labute approximate surface area is 93.8 Å². The second kappa shape index (κ2) is 4.92. The Balaban J connectivity index is 2.08. The molecule has 1 aromatic heterocycles. The van der Waals surface area contributed by atoms with E-state index in [0.717, 1.165) is 17.7 Å². The number of aromatic nitrogens is 2. The molecule has 4 heteroatoms. The van der Waals surface area contributed by atoms with Gasteiger partial charge in [-0.15, -0.1) is 0 Å². The van der Waals surface area contributed by atoms with Gasteiger partial charge in [0.15, 0.2) is 0 Å². The number of hydrogen-bond acceptors (Lipinski definition) is 3. The standard InChI is InChI=1S/C12H14N2O2/c15-7-11-3-1-10(2-4-11)5-14-6-12(8-16)13-9-14/h1-4,6,9,15-16H,5,7-8H2. The molecule has 1 heterocycles. The van der Waals surface area contributed by atoms with Gasteiger partial charge in [0.05, 0.1) is 25.2 Å². The first-order chi connectivity index (χ1) is 7.81. The molecule has 0 radical (unpaired) electrons. The fraction of sp³-hybridized carbons (Fsp3) is 0.250. The van der Waals surface area contributed by atoms with Gasteiger partial charge >= 0.3 is 0 Å². The summed E-state index contributed by atoms with van der Waals surface area (Å²) in [5.74, 6) is 0. The second-order valence-corrected chi connectivity index (χ2v) is 3.67. The van der Waals surface area contributed by atoms with E-state index in [-0.39, 0.29) is 13.2 Å². The maximum absolute atomic E-state index is 8.91. The monoisotopic (exact) mass is 218 g/mol. The number of aliphatic hydroxyl groups is 2. The molecular weight excluding hydrogens is 204 g/mol. The molecule has 16 heavy (non-hydrogen) atoms. The van der Waals surface area contributed by atoms with Gasteiger partial charge in [0.1, 0.15) is 0 Å². The van der Waals surface area contributed by atoms with E-state index in [2.05, 4.69) is 4.98 Å². The Morgan fingerprint density at radius 2 is 1.69 bits per heavy atom. The number of hydrogen-bond donors (Lipinski definition) is 2. The van der Waals surface area contributed by atoms with Gasteiger partial charge in [-0.1, -0.05) is 24.3 Å². The SMILES string of the molecule is OCc1ccc(Cn2cnc(CO)c2)cc1. The van der Waals surface area contributed by atoms with Crippen molar-refractivity contribution in [1.29, 1.82) is 0 Å². The zero-order chi connectivity index (χ0) is 11.4.